The van der Waals surface area contributed by atoms with E-state index >= 15 is 0 Å². The Morgan fingerprint density at radius 3 is 2.42 bits per heavy atom. The van der Waals surface area contributed by atoms with Gasteiger partial charge in [0.25, 0.3) is 0 Å². The molecular formula is C8H16N2O2. The molecule has 0 radical (unpaired) electrons. The van der Waals surface area contributed by atoms with Gasteiger partial charge in [0, 0.05) is 6.04 Å². The van der Waals surface area contributed by atoms with Crippen LogP contribution in [0.2, 0.25) is 0 Å². The predicted molar refractivity (Wildman–Crippen MR) is 45.9 cm³/mol. The second kappa shape index (κ2) is 3.87. The molecular weight excluding hydrogens is 156 g/mol. The van der Waals surface area contributed by atoms with Gasteiger partial charge in [-0.3, -0.25) is 9.69 Å². The van der Waals surface area contributed by atoms with E-state index in [-0.39, 0.29) is 6.04 Å². The molecule has 4 nitrogen and oxygen atoms in total. The van der Waals surface area contributed by atoms with Gasteiger partial charge in [-0.25, -0.2) is 0 Å². The maximum Gasteiger partial charge on any atom is 0.322 e. The first-order valence-corrected chi connectivity index (χ1v) is 4.35. The zero-order valence-electron chi connectivity index (χ0n) is 7.36. The molecule has 1 aliphatic heterocycles. The Bertz CT molecular complexity index is 166. The molecule has 4 heteroatoms. The maximum absolute atomic E-state index is 10.5. The Labute approximate surface area is 72.3 Å². The van der Waals surface area contributed by atoms with Gasteiger partial charge < -0.3 is 10.8 Å². The second-order valence-electron chi connectivity index (χ2n) is 3.35. The minimum atomic E-state index is -0.908. The van der Waals surface area contributed by atoms with Gasteiger partial charge in [-0.05, 0) is 32.9 Å². The largest absolute Gasteiger partial charge is 0.480 e. The van der Waals surface area contributed by atoms with E-state index in [0.717, 1.165) is 25.9 Å². The van der Waals surface area contributed by atoms with Crippen molar-refractivity contribution >= 4 is 5.97 Å². The van der Waals surface area contributed by atoms with Crippen LogP contribution in [-0.4, -0.2) is 41.1 Å². The molecule has 12 heavy (non-hydrogen) atoms. The Morgan fingerprint density at radius 1 is 1.50 bits per heavy atom. The van der Waals surface area contributed by atoms with Crippen LogP contribution in [0.1, 0.15) is 19.8 Å². The number of hydrogen-bond donors (Lipinski definition) is 2. The number of rotatable bonds is 3. The van der Waals surface area contributed by atoms with Crippen LogP contribution in [-0.2, 0) is 4.79 Å². The molecule has 1 aliphatic rings. The monoisotopic (exact) mass is 172 g/mol. The van der Waals surface area contributed by atoms with Crippen LogP contribution >= 0.6 is 0 Å². The number of aliphatic carboxylic acids is 1. The molecule has 1 heterocycles. The van der Waals surface area contributed by atoms with Crippen LogP contribution in [0.3, 0.4) is 0 Å². The molecule has 70 valence electrons. The molecule has 1 saturated heterocycles. The van der Waals surface area contributed by atoms with Crippen molar-refractivity contribution in [3.63, 3.8) is 0 Å². The SMILES string of the molecule is CC(C(N)C(=O)O)N1CCCC1. The fourth-order valence-corrected chi connectivity index (χ4v) is 1.58. The Balaban J connectivity index is 2.44. The predicted octanol–water partition coefficient (Wildman–Crippen LogP) is -0.117. The lowest BCUT2D eigenvalue weighted by atomic mass is 10.1. The summed E-state index contributed by atoms with van der Waals surface area (Å²) >= 11 is 0. The van der Waals surface area contributed by atoms with E-state index in [1.165, 1.54) is 0 Å². The topological polar surface area (TPSA) is 66.6 Å². The number of nitrogens with zero attached hydrogens (tertiary/aromatic N) is 1. The number of hydrogen-bond acceptors (Lipinski definition) is 3. The van der Waals surface area contributed by atoms with Crippen molar-refractivity contribution in [1.82, 2.24) is 4.90 Å². The van der Waals surface area contributed by atoms with Gasteiger partial charge in [0.15, 0.2) is 0 Å². The molecule has 1 fully saturated rings. The maximum atomic E-state index is 10.5. The van der Waals surface area contributed by atoms with Gasteiger partial charge in [0.05, 0.1) is 0 Å². The quantitative estimate of drug-likeness (QED) is 0.623. The molecule has 0 aromatic heterocycles. The van der Waals surface area contributed by atoms with Crippen LogP contribution in [0.5, 0.6) is 0 Å². The van der Waals surface area contributed by atoms with E-state index in [0.29, 0.717) is 0 Å². The van der Waals surface area contributed by atoms with Gasteiger partial charge in [0.2, 0.25) is 0 Å². The third-order valence-corrected chi connectivity index (χ3v) is 2.52. The fourth-order valence-electron chi connectivity index (χ4n) is 1.58. The van der Waals surface area contributed by atoms with Crippen molar-refractivity contribution in [3.8, 4) is 0 Å². The van der Waals surface area contributed by atoms with Crippen LogP contribution in [0, 0.1) is 0 Å². The van der Waals surface area contributed by atoms with Gasteiger partial charge in [-0.15, -0.1) is 0 Å². The van der Waals surface area contributed by atoms with Crippen LogP contribution in [0.25, 0.3) is 0 Å². The minimum absolute atomic E-state index is 0.0370. The van der Waals surface area contributed by atoms with Crippen molar-refractivity contribution < 1.29 is 9.90 Å². The smallest absolute Gasteiger partial charge is 0.322 e. The molecule has 2 unspecified atom stereocenters. The van der Waals surface area contributed by atoms with Crippen molar-refractivity contribution in [1.29, 1.82) is 0 Å². The molecule has 0 aliphatic carbocycles. The van der Waals surface area contributed by atoms with Crippen molar-refractivity contribution in [2.75, 3.05) is 13.1 Å². The van der Waals surface area contributed by atoms with E-state index in [1.54, 1.807) is 0 Å². The highest BCUT2D eigenvalue weighted by atomic mass is 16.4. The van der Waals surface area contributed by atoms with Crippen LogP contribution in [0.4, 0.5) is 0 Å². The van der Waals surface area contributed by atoms with E-state index in [9.17, 15) is 4.79 Å². The number of carboxylic acids is 1. The lowest BCUT2D eigenvalue weighted by Gasteiger charge is -2.26. The molecule has 3 N–H and O–H groups in total. The molecule has 0 saturated carbocycles. The first-order valence-electron chi connectivity index (χ1n) is 4.35. The number of carboxylic acid groups (broad SMARTS) is 1. The summed E-state index contributed by atoms with van der Waals surface area (Å²) < 4.78 is 0. The molecule has 0 amide bonds. The zero-order valence-corrected chi connectivity index (χ0v) is 7.36. The van der Waals surface area contributed by atoms with Gasteiger partial charge in [-0.2, -0.15) is 0 Å². The van der Waals surface area contributed by atoms with Crippen molar-refractivity contribution in [3.05, 3.63) is 0 Å². The third-order valence-electron chi connectivity index (χ3n) is 2.52. The first kappa shape index (κ1) is 9.48. The van der Waals surface area contributed by atoms with Crippen LogP contribution in [0.15, 0.2) is 0 Å². The van der Waals surface area contributed by atoms with Crippen molar-refractivity contribution in [2.45, 2.75) is 31.8 Å². The summed E-state index contributed by atoms with van der Waals surface area (Å²) in [5, 5.41) is 8.66. The summed E-state index contributed by atoms with van der Waals surface area (Å²) in [6.45, 7) is 3.86. The highest BCUT2D eigenvalue weighted by Crippen LogP contribution is 2.12. The minimum Gasteiger partial charge on any atom is -0.480 e. The van der Waals surface area contributed by atoms with Crippen molar-refractivity contribution in [2.24, 2.45) is 5.73 Å². The molecule has 0 bridgehead atoms. The fraction of sp³-hybridized carbons (Fsp3) is 0.875. The molecule has 0 aromatic rings. The average molecular weight is 172 g/mol. The first-order chi connectivity index (χ1) is 5.63. The van der Waals surface area contributed by atoms with Gasteiger partial charge in [0.1, 0.15) is 6.04 Å². The molecule has 0 spiro atoms. The molecule has 2 atom stereocenters. The van der Waals surface area contributed by atoms with Crippen LogP contribution < -0.4 is 5.73 Å². The Morgan fingerprint density at radius 2 is 2.00 bits per heavy atom. The Kier molecular flexibility index (Phi) is 3.05. The molecule has 1 rings (SSSR count). The van der Waals surface area contributed by atoms with E-state index in [4.69, 9.17) is 10.8 Å². The third kappa shape index (κ3) is 1.95. The summed E-state index contributed by atoms with van der Waals surface area (Å²) in [6.07, 6.45) is 2.33. The number of nitrogens with two attached hydrogens (primary N) is 1. The summed E-state index contributed by atoms with van der Waals surface area (Å²) in [5.74, 6) is -0.908. The summed E-state index contributed by atoms with van der Waals surface area (Å²) in [4.78, 5) is 12.7. The lowest BCUT2D eigenvalue weighted by molar-refractivity contribution is -0.140. The molecule has 0 aromatic carbocycles. The second-order valence-corrected chi connectivity index (χ2v) is 3.35. The lowest BCUT2D eigenvalue weighted by Crippen LogP contribution is -2.49. The zero-order chi connectivity index (χ0) is 9.14. The van der Waals surface area contributed by atoms with E-state index in [1.807, 2.05) is 6.92 Å². The Hall–Kier alpha value is -0.610. The highest BCUT2D eigenvalue weighted by molar-refractivity contribution is 5.74. The number of carbonyl (C=O) groups is 1. The van der Waals surface area contributed by atoms with Gasteiger partial charge >= 0.3 is 5.97 Å². The summed E-state index contributed by atoms with van der Waals surface area (Å²) in [6, 6.07) is -0.784. The van der Waals surface area contributed by atoms with E-state index in [2.05, 4.69) is 4.90 Å². The number of likely N-dealkylation sites (tertiary alicyclic amines) is 1. The average Bonchev–Trinajstić information content (AvgIpc) is 2.53. The van der Waals surface area contributed by atoms with E-state index < -0.39 is 12.0 Å². The summed E-state index contributed by atoms with van der Waals surface area (Å²) in [7, 11) is 0. The van der Waals surface area contributed by atoms with Gasteiger partial charge in [-0.1, -0.05) is 0 Å². The summed E-state index contributed by atoms with van der Waals surface area (Å²) in [5.41, 5.74) is 5.50. The highest BCUT2D eigenvalue weighted by Gasteiger charge is 2.27. The standard InChI is InChI=1S/C8H16N2O2/c1-6(7(9)8(11)12)10-4-2-3-5-10/h6-7H,2-5,9H2,1H3,(H,11,12). The normalized spacial score (nSPS) is 23.8.